The summed E-state index contributed by atoms with van der Waals surface area (Å²) < 4.78 is 4.64. The van der Waals surface area contributed by atoms with Crippen LogP contribution in [0.1, 0.15) is 39.5 Å². The van der Waals surface area contributed by atoms with Gasteiger partial charge >= 0.3 is 11.7 Å². The van der Waals surface area contributed by atoms with Gasteiger partial charge < -0.3 is 10.3 Å². The number of hydrogen-bond acceptors (Lipinski definition) is 3. The third kappa shape index (κ3) is 7.04. The molecule has 0 aromatic heterocycles. The van der Waals surface area contributed by atoms with E-state index in [1.807, 2.05) is 0 Å². The number of ether oxygens (including phenoxy) is 1. The highest BCUT2D eigenvalue weighted by atomic mass is 16.5. The molecule has 0 aliphatic heterocycles. The van der Waals surface area contributed by atoms with Crippen LogP contribution in [0.25, 0.3) is 5.53 Å². The summed E-state index contributed by atoms with van der Waals surface area (Å²) in [5.41, 5.74) is 7.78. The summed E-state index contributed by atoms with van der Waals surface area (Å²) in [5, 5.41) is 0. The quantitative estimate of drug-likeness (QED) is 0.133. The fourth-order valence-corrected chi connectivity index (χ4v) is 1.03. The predicted molar refractivity (Wildman–Crippen MR) is 62.2 cm³/mol. The van der Waals surface area contributed by atoms with Gasteiger partial charge in [0.2, 0.25) is 5.78 Å². The zero-order chi connectivity index (χ0) is 13.1. The number of nitrogens with zero attached hydrogens (tertiary/aromatic N) is 2. The van der Waals surface area contributed by atoms with Crippen molar-refractivity contribution in [2.45, 2.75) is 39.5 Å². The summed E-state index contributed by atoms with van der Waals surface area (Å²) in [5.74, 6) is 3.90. The van der Waals surface area contributed by atoms with Crippen LogP contribution < -0.4 is 0 Å². The predicted octanol–water partition coefficient (Wildman–Crippen LogP) is 1.37. The molecule has 0 atom stereocenters. The number of esters is 1. The van der Waals surface area contributed by atoms with Crippen LogP contribution in [0.5, 0.6) is 0 Å². The van der Waals surface area contributed by atoms with Crippen LogP contribution in [0.2, 0.25) is 0 Å². The molecule has 17 heavy (non-hydrogen) atoms. The summed E-state index contributed by atoms with van der Waals surface area (Å²) in [6, 6.07) is 0. The zero-order valence-electron chi connectivity index (χ0n) is 10.2. The molecule has 0 amide bonds. The molecule has 0 aromatic carbocycles. The van der Waals surface area contributed by atoms with Gasteiger partial charge in [0, 0.05) is 13.3 Å². The Morgan fingerprint density at radius 2 is 2.00 bits per heavy atom. The molecule has 0 aliphatic rings. The number of carbonyl (C=O) groups excluding carboxylic acids is 2. The molecule has 0 fully saturated rings. The van der Waals surface area contributed by atoms with E-state index in [4.69, 9.17) is 5.53 Å². The number of carbonyl (C=O) groups is 2. The summed E-state index contributed by atoms with van der Waals surface area (Å²) in [6.07, 6.45) is 4.04. The molecule has 0 N–H and O–H groups in total. The molecular weight excluding hydrogens is 220 g/mol. The van der Waals surface area contributed by atoms with E-state index in [0.717, 1.165) is 32.6 Å². The minimum Gasteiger partial charge on any atom is -0.444 e. The van der Waals surface area contributed by atoms with E-state index in [-0.39, 0.29) is 6.61 Å². The Balaban J connectivity index is 3.93. The molecule has 92 valence electrons. The van der Waals surface area contributed by atoms with Crippen LogP contribution in [0.15, 0.2) is 0 Å². The Kier molecular flexibility index (Phi) is 8.26. The second kappa shape index (κ2) is 9.32. The Morgan fingerprint density at radius 1 is 1.29 bits per heavy atom. The van der Waals surface area contributed by atoms with E-state index in [9.17, 15) is 9.59 Å². The van der Waals surface area contributed by atoms with Crippen LogP contribution in [-0.4, -0.2) is 28.9 Å². The first kappa shape index (κ1) is 15.1. The van der Waals surface area contributed by atoms with E-state index in [1.165, 1.54) is 0 Å². The van der Waals surface area contributed by atoms with Gasteiger partial charge in [0.25, 0.3) is 0 Å². The van der Waals surface area contributed by atoms with E-state index >= 15 is 0 Å². The van der Waals surface area contributed by atoms with Gasteiger partial charge in [-0.05, 0) is 6.42 Å². The van der Waals surface area contributed by atoms with Crippen molar-refractivity contribution in [3.63, 3.8) is 0 Å². The number of rotatable bonds is 6. The first-order valence-electron chi connectivity index (χ1n) is 5.49. The molecule has 0 spiro atoms. The van der Waals surface area contributed by atoms with Crippen molar-refractivity contribution in [1.29, 1.82) is 0 Å². The molecule has 0 rings (SSSR count). The first-order valence-corrected chi connectivity index (χ1v) is 5.49. The van der Waals surface area contributed by atoms with Crippen LogP contribution in [0, 0.1) is 11.8 Å². The van der Waals surface area contributed by atoms with Gasteiger partial charge in [-0.1, -0.05) is 31.6 Å². The molecule has 0 radical (unpaired) electrons. The Morgan fingerprint density at radius 3 is 2.53 bits per heavy atom. The Bertz CT molecular complexity index is 384. The zero-order valence-corrected chi connectivity index (χ0v) is 10.2. The van der Waals surface area contributed by atoms with E-state index in [0.29, 0.717) is 0 Å². The summed E-state index contributed by atoms with van der Waals surface area (Å²) >= 11 is 0. The van der Waals surface area contributed by atoms with Crippen molar-refractivity contribution in [1.82, 2.24) is 0 Å². The van der Waals surface area contributed by atoms with Crippen molar-refractivity contribution < 1.29 is 19.1 Å². The third-order valence-electron chi connectivity index (χ3n) is 1.93. The lowest BCUT2D eigenvalue weighted by Gasteiger charge is -1.93. The van der Waals surface area contributed by atoms with Crippen molar-refractivity contribution in [3.05, 3.63) is 5.53 Å². The first-order chi connectivity index (χ1) is 8.13. The van der Waals surface area contributed by atoms with Gasteiger partial charge in [0.1, 0.15) is 0 Å². The van der Waals surface area contributed by atoms with E-state index < -0.39 is 17.5 Å². The largest absolute Gasteiger partial charge is 0.444 e. The molecule has 5 heteroatoms. The Hall–Kier alpha value is -1.92. The van der Waals surface area contributed by atoms with Crippen LogP contribution in [0.3, 0.4) is 0 Å². The summed E-state index contributed by atoms with van der Waals surface area (Å²) in [6.45, 7) is 3.12. The fraction of sp³-hybridized carbons (Fsp3) is 0.583. The highest BCUT2D eigenvalue weighted by Gasteiger charge is 2.26. The molecule has 5 nitrogen and oxygen atoms in total. The van der Waals surface area contributed by atoms with Gasteiger partial charge in [-0.25, -0.2) is 4.79 Å². The average molecular weight is 236 g/mol. The number of unbranched alkanes of at least 4 members (excludes halogenated alkanes) is 3. The highest BCUT2D eigenvalue weighted by Crippen LogP contribution is 1.96. The molecular formula is C12H16N2O3. The van der Waals surface area contributed by atoms with E-state index in [1.54, 1.807) is 0 Å². The standard InChI is InChI=1S/C12H16N2O3/c1-3-4-5-6-7-8-9-17-12(16)11(14-13)10(2)15/h3-6,9H2,1-2H3. The topological polar surface area (TPSA) is 79.8 Å². The van der Waals surface area contributed by atoms with Crippen LogP contribution in [0.4, 0.5) is 0 Å². The fourth-order valence-electron chi connectivity index (χ4n) is 1.03. The maximum Gasteiger partial charge on any atom is 0.441 e. The lowest BCUT2D eigenvalue weighted by Crippen LogP contribution is -2.25. The van der Waals surface area contributed by atoms with Gasteiger partial charge in [-0.3, -0.25) is 4.79 Å². The summed E-state index contributed by atoms with van der Waals surface area (Å²) in [4.78, 5) is 24.5. The molecule has 0 saturated heterocycles. The number of Topliss-reactive ketones (excluding diaryl/α,β-unsaturated/α-hetero) is 1. The second-order valence-electron chi connectivity index (χ2n) is 3.39. The Labute approximate surface area is 101 Å². The molecule has 0 aromatic rings. The van der Waals surface area contributed by atoms with Crippen molar-refractivity contribution in [3.8, 4) is 11.8 Å². The minimum absolute atomic E-state index is 0.0999. The van der Waals surface area contributed by atoms with Crippen LogP contribution in [-0.2, 0) is 14.3 Å². The van der Waals surface area contributed by atoms with Crippen molar-refractivity contribution in [2.24, 2.45) is 0 Å². The minimum atomic E-state index is -0.956. The number of ketones is 1. The van der Waals surface area contributed by atoms with Gasteiger partial charge in [0.15, 0.2) is 6.61 Å². The average Bonchev–Trinajstić information content (AvgIpc) is 2.28. The van der Waals surface area contributed by atoms with Gasteiger partial charge in [-0.2, -0.15) is 4.79 Å². The van der Waals surface area contributed by atoms with Gasteiger partial charge in [0.05, 0.1) is 0 Å². The normalized spacial score (nSPS) is 8.59. The molecule has 0 aliphatic carbocycles. The van der Waals surface area contributed by atoms with Crippen molar-refractivity contribution >= 4 is 17.5 Å². The molecule has 0 bridgehead atoms. The number of hydrogen-bond donors (Lipinski definition) is 0. The maximum absolute atomic E-state index is 11.1. The van der Waals surface area contributed by atoms with Gasteiger partial charge in [-0.15, -0.1) is 0 Å². The SMILES string of the molecule is CCCCCC#CCOC(=O)C(=[N+]=[N-])C(C)=O. The monoisotopic (exact) mass is 236 g/mol. The molecule has 0 unspecified atom stereocenters. The van der Waals surface area contributed by atoms with Crippen LogP contribution >= 0.6 is 0 Å². The van der Waals surface area contributed by atoms with E-state index in [2.05, 4.69) is 28.3 Å². The summed E-state index contributed by atoms with van der Waals surface area (Å²) in [7, 11) is 0. The lowest BCUT2D eigenvalue weighted by molar-refractivity contribution is -0.140. The lowest BCUT2D eigenvalue weighted by atomic mass is 10.2. The third-order valence-corrected chi connectivity index (χ3v) is 1.93. The molecule has 0 heterocycles. The maximum atomic E-state index is 11.1. The second-order valence-corrected chi connectivity index (χ2v) is 3.39. The smallest absolute Gasteiger partial charge is 0.441 e. The molecule has 0 saturated carbocycles. The van der Waals surface area contributed by atoms with Crippen molar-refractivity contribution in [2.75, 3.05) is 6.61 Å². The highest BCUT2D eigenvalue weighted by molar-refractivity contribution is 6.61.